The summed E-state index contributed by atoms with van der Waals surface area (Å²) in [5.41, 5.74) is 0.0985. The first-order valence-electron chi connectivity index (χ1n) is 6.56. The van der Waals surface area contributed by atoms with Crippen molar-refractivity contribution in [3.05, 3.63) is 24.3 Å². The summed E-state index contributed by atoms with van der Waals surface area (Å²) >= 11 is 0. The molecule has 0 amide bonds. The van der Waals surface area contributed by atoms with E-state index in [4.69, 9.17) is 0 Å². The lowest BCUT2D eigenvalue weighted by atomic mass is 10.1. The zero-order chi connectivity index (χ0) is 15.9. The van der Waals surface area contributed by atoms with Gasteiger partial charge in [-0.15, -0.1) is 13.2 Å². The smallest absolute Gasteiger partial charge is 0.467 e. The zero-order valence-corrected chi connectivity index (χ0v) is 11.9. The largest absolute Gasteiger partial charge is 0.573 e. The summed E-state index contributed by atoms with van der Waals surface area (Å²) in [6.07, 6.45) is -2.73. The third-order valence-electron chi connectivity index (χ3n) is 2.77. The number of esters is 1. The van der Waals surface area contributed by atoms with Crippen LogP contribution in [0, 0.1) is 0 Å². The number of carbonyl (C=O) groups excluding carboxylic acids is 1. The molecule has 0 saturated carbocycles. The fourth-order valence-electron chi connectivity index (χ4n) is 1.79. The molecule has 0 fully saturated rings. The van der Waals surface area contributed by atoms with Gasteiger partial charge in [0.05, 0.1) is 12.8 Å². The Morgan fingerprint density at radius 2 is 2.00 bits per heavy atom. The third kappa shape index (κ3) is 5.93. The third-order valence-corrected chi connectivity index (χ3v) is 2.77. The number of alkyl halides is 3. The number of rotatable bonds is 7. The molecule has 1 atom stereocenters. The predicted molar refractivity (Wildman–Crippen MR) is 72.1 cm³/mol. The van der Waals surface area contributed by atoms with Gasteiger partial charge >= 0.3 is 12.3 Å². The van der Waals surface area contributed by atoms with E-state index in [9.17, 15) is 18.0 Å². The molecule has 0 aliphatic rings. The second-order valence-corrected chi connectivity index (χ2v) is 4.41. The van der Waals surface area contributed by atoms with Crippen molar-refractivity contribution in [2.45, 2.75) is 38.6 Å². The minimum Gasteiger partial charge on any atom is -0.467 e. The fourth-order valence-corrected chi connectivity index (χ4v) is 1.79. The van der Waals surface area contributed by atoms with Crippen molar-refractivity contribution in [1.29, 1.82) is 0 Å². The van der Waals surface area contributed by atoms with Crippen LogP contribution in [0.2, 0.25) is 0 Å². The van der Waals surface area contributed by atoms with Crippen LogP contribution in [0.3, 0.4) is 0 Å². The van der Waals surface area contributed by atoms with Gasteiger partial charge in [0.15, 0.2) is 5.75 Å². The van der Waals surface area contributed by atoms with Gasteiger partial charge in [0.1, 0.15) is 6.04 Å². The molecule has 118 valence electrons. The van der Waals surface area contributed by atoms with Gasteiger partial charge < -0.3 is 14.8 Å². The molecule has 0 aromatic heterocycles. The maximum absolute atomic E-state index is 12.3. The second-order valence-electron chi connectivity index (χ2n) is 4.41. The normalized spacial score (nSPS) is 12.6. The van der Waals surface area contributed by atoms with Crippen LogP contribution in [0.1, 0.15) is 26.2 Å². The summed E-state index contributed by atoms with van der Waals surface area (Å²) in [5, 5.41) is 2.76. The molecule has 1 aromatic rings. The molecular weight excluding hydrogens is 287 g/mol. The minimum absolute atomic E-state index is 0.0985. The molecule has 0 radical (unpaired) electrons. The SMILES string of the molecule is CCCCC(Nc1ccccc1OC(F)(F)F)C(=O)OC. The lowest BCUT2D eigenvalue weighted by Gasteiger charge is -2.20. The molecule has 21 heavy (non-hydrogen) atoms. The Kier molecular flexibility index (Phi) is 6.33. The molecule has 0 heterocycles. The monoisotopic (exact) mass is 305 g/mol. The number of carbonyl (C=O) groups is 1. The number of anilines is 1. The van der Waals surface area contributed by atoms with Crippen LogP contribution in [0.25, 0.3) is 0 Å². The second kappa shape index (κ2) is 7.75. The van der Waals surface area contributed by atoms with Gasteiger partial charge in [-0.1, -0.05) is 31.9 Å². The minimum atomic E-state index is -4.79. The maximum Gasteiger partial charge on any atom is 0.573 e. The van der Waals surface area contributed by atoms with Crippen molar-refractivity contribution in [2.24, 2.45) is 0 Å². The number of ether oxygens (including phenoxy) is 2. The van der Waals surface area contributed by atoms with Crippen LogP contribution in [0.15, 0.2) is 24.3 Å². The molecule has 0 aliphatic carbocycles. The number of halogens is 3. The van der Waals surface area contributed by atoms with E-state index < -0.39 is 18.4 Å². The fraction of sp³-hybridized carbons (Fsp3) is 0.500. The molecule has 7 heteroatoms. The van der Waals surface area contributed by atoms with Gasteiger partial charge in [0, 0.05) is 0 Å². The molecule has 0 aliphatic heterocycles. The highest BCUT2D eigenvalue weighted by Crippen LogP contribution is 2.30. The van der Waals surface area contributed by atoms with Crippen molar-refractivity contribution in [2.75, 3.05) is 12.4 Å². The Morgan fingerprint density at radius 3 is 2.57 bits per heavy atom. The van der Waals surface area contributed by atoms with E-state index in [0.717, 1.165) is 12.8 Å². The Labute approximate surface area is 121 Å². The standard InChI is InChI=1S/C14H18F3NO3/c1-3-4-7-11(13(19)20-2)18-10-8-5-6-9-12(10)21-14(15,16)17/h5-6,8-9,11,18H,3-4,7H2,1-2H3. The number of methoxy groups -OCH3 is 1. The summed E-state index contributed by atoms with van der Waals surface area (Å²) in [5.74, 6) is -0.902. The molecule has 0 saturated heterocycles. The number of para-hydroxylation sites is 2. The average Bonchev–Trinajstić information content (AvgIpc) is 2.42. The Morgan fingerprint density at radius 1 is 1.33 bits per heavy atom. The average molecular weight is 305 g/mol. The highest BCUT2D eigenvalue weighted by atomic mass is 19.4. The molecule has 0 bridgehead atoms. The topological polar surface area (TPSA) is 47.6 Å². The van der Waals surface area contributed by atoms with E-state index in [0.29, 0.717) is 6.42 Å². The van der Waals surface area contributed by atoms with Crippen molar-refractivity contribution in [3.8, 4) is 5.75 Å². The Balaban J connectivity index is 2.90. The number of hydrogen-bond acceptors (Lipinski definition) is 4. The first-order chi connectivity index (χ1) is 9.87. The van der Waals surface area contributed by atoms with Crippen LogP contribution in [-0.4, -0.2) is 25.5 Å². The molecule has 1 rings (SSSR count). The summed E-state index contributed by atoms with van der Waals surface area (Å²) in [7, 11) is 1.24. The van der Waals surface area contributed by atoms with Crippen LogP contribution >= 0.6 is 0 Å². The first kappa shape index (κ1) is 17.1. The van der Waals surface area contributed by atoms with Crippen LogP contribution in [0.5, 0.6) is 5.75 Å². The van der Waals surface area contributed by atoms with E-state index in [1.807, 2.05) is 6.92 Å². The van der Waals surface area contributed by atoms with Crippen LogP contribution in [-0.2, 0) is 9.53 Å². The lowest BCUT2D eigenvalue weighted by molar-refractivity contribution is -0.274. The lowest BCUT2D eigenvalue weighted by Crippen LogP contribution is -2.31. The van der Waals surface area contributed by atoms with Gasteiger partial charge in [-0.2, -0.15) is 0 Å². The summed E-state index contributed by atoms with van der Waals surface area (Å²) in [6.45, 7) is 1.95. The van der Waals surface area contributed by atoms with Gasteiger partial charge in [-0.25, -0.2) is 4.79 Å². The van der Waals surface area contributed by atoms with E-state index in [1.165, 1.54) is 25.3 Å². The molecule has 1 N–H and O–H groups in total. The van der Waals surface area contributed by atoms with E-state index in [2.05, 4.69) is 14.8 Å². The quantitative estimate of drug-likeness (QED) is 0.780. The summed E-state index contributed by atoms with van der Waals surface area (Å²) in [6, 6.07) is 4.87. The number of benzene rings is 1. The molecule has 0 spiro atoms. The van der Waals surface area contributed by atoms with Crippen molar-refractivity contribution < 1.29 is 27.4 Å². The molecule has 4 nitrogen and oxygen atoms in total. The maximum atomic E-state index is 12.3. The highest BCUT2D eigenvalue weighted by molar-refractivity contribution is 5.80. The summed E-state index contributed by atoms with van der Waals surface area (Å²) < 4.78 is 45.6. The van der Waals surface area contributed by atoms with Crippen LogP contribution in [0.4, 0.5) is 18.9 Å². The number of unbranched alkanes of at least 4 members (excludes halogenated alkanes) is 1. The van der Waals surface area contributed by atoms with Crippen molar-refractivity contribution in [1.82, 2.24) is 0 Å². The van der Waals surface area contributed by atoms with Gasteiger partial charge in [-0.3, -0.25) is 0 Å². The molecular formula is C14H18F3NO3. The highest BCUT2D eigenvalue weighted by Gasteiger charge is 2.32. The Hall–Kier alpha value is -1.92. The van der Waals surface area contributed by atoms with Crippen molar-refractivity contribution in [3.63, 3.8) is 0 Å². The van der Waals surface area contributed by atoms with Crippen molar-refractivity contribution >= 4 is 11.7 Å². The molecule has 1 unspecified atom stereocenters. The van der Waals surface area contributed by atoms with Gasteiger partial charge in [-0.05, 0) is 18.6 Å². The van der Waals surface area contributed by atoms with Gasteiger partial charge in [0.25, 0.3) is 0 Å². The first-order valence-corrected chi connectivity index (χ1v) is 6.56. The zero-order valence-electron chi connectivity index (χ0n) is 11.9. The predicted octanol–water partition coefficient (Wildman–Crippen LogP) is 3.73. The summed E-state index contributed by atoms with van der Waals surface area (Å²) in [4.78, 5) is 11.7. The van der Waals surface area contributed by atoms with E-state index in [1.54, 1.807) is 6.07 Å². The Bertz CT molecular complexity index is 463. The van der Waals surface area contributed by atoms with E-state index >= 15 is 0 Å². The number of nitrogens with one attached hydrogen (secondary N) is 1. The van der Waals surface area contributed by atoms with E-state index in [-0.39, 0.29) is 11.4 Å². The number of hydrogen-bond donors (Lipinski definition) is 1. The van der Waals surface area contributed by atoms with Crippen LogP contribution < -0.4 is 10.1 Å². The van der Waals surface area contributed by atoms with Gasteiger partial charge in [0.2, 0.25) is 0 Å². The molecule has 1 aromatic carbocycles.